The first-order chi connectivity index (χ1) is 6.05. The van der Waals surface area contributed by atoms with E-state index in [0.29, 0.717) is 12.8 Å². The van der Waals surface area contributed by atoms with Crippen LogP contribution in [0.5, 0.6) is 0 Å². The fourth-order valence-electron chi connectivity index (χ4n) is 1.62. The third-order valence-corrected chi connectivity index (χ3v) is 3.57. The van der Waals surface area contributed by atoms with Crippen LogP contribution in [0.4, 0.5) is 0 Å². The van der Waals surface area contributed by atoms with Crippen molar-refractivity contribution in [3.63, 3.8) is 0 Å². The second-order valence-corrected chi connectivity index (χ2v) is 4.75. The minimum absolute atomic E-state index is 0.377. The van der Waals surface area contributed by atoms with E-state index in [1.54, 1.807) is 0 Å². The smallest absolute Gasteiger partial charge is 0.268 e. The molecule has 1 aliphatic rings. The summed E-state index contributed by atoms with van der Waals surface area (Å²) in [6.07, 6.45) is 2.51. The fraction of sp³-hybridized carbons (Fsp3) is 1.00. The highest BCUT2D eigenvalue weighted by Gasteiger charge is 2.33. The predicted molar refractivity (Wildman–Crippen MR) is 46.7 cm³/mol. The Kier molecular flexibility index (Phi) is 3.13. The van der Waals surface area contributed by atoms with Crippen LogP contribution in [0, 0.1) is 0 Å². The van der Waals surface area contributed by atoms with E-state index < -0.39 is 21.4 Å². The average Bonchev–Trinajstić information content (AvgIpc) is 2.04. The Hall–Kier alpha value is -0.780. The van der Waals surface area contributed by atoms with Crippen molar-refractivity contribution in [2.75, 3.05) is 0 Å². The highest BCUT2D eigenvalue weighted by molar-refractivity contribution is 7.86. The van der Waals surface area contributed by atoms with Crippen LogP contribution in [0.15, 0.2) is 5.11 Å². The molecule has 7 heteroatoms. The van der Waals surface area contributed by atoms with Gasteiger partial charge in [-0.05, 0) is 18.4 Å². The average molecular weight is 205 g/mol. The lowest BCUT2D eigenvalue weighted by Crippen LogP contribution is -2.35. The van der Waals surface area contributed by atoms with Crippen molar-refractivity contribution in [3.8, 4) is 0 Å². The lowest BCUT2D eigenvalue weighted by atomic mass is 9.96. The molecule has 1 aliphatic carbocycles. The molecule has 0 bridgehead atoms. The molecule has 74 valence electrons. The number of rotatable bonds is 2. The summed E-state index contributed by atoms with van der Waals surface area (Å²) in [5.74, 6) is 0. The first-order valence-corrected chi connectivity index (χ1v) is 5.56. The molecule has 0 amide bonds. The van der Waals surface area contributed by atoms with Gasteiger partial charge in [-0.15, -0.1) is 0 Å². The molecule has 0 saturated heterocycles. The molecule has 1 N–H and O–H groups in total. The topological polar surface area (TPSA) is 103 Å². The van der Waals surface area contributed by atoms with Gasteiger partial charge < -0.3 is 0 Å². The molecule has 0 aliphatic heterocycles. The van der Waals surface area contributed by atoms with Crippen molar-refractivity contribution in [1.29, 1.82) is 0 Å². The first-order valence-electron chi connectivity index (χ1n) is 4.06. The molecule has 0 aromatic carbocycles. The summed E-state index contributed by atoms with van der Waals surface area (Å²) in [7, 11) is -4.06. The number of nitrogens with zero attached hydrogens (tertiary/aromatic N) is 3. The number of hydrogen-bond acceptors (Lipinski definition) is 3. The Labute approximate surface area is 76.3 Å². The van der Waals surface area contributed by atoms with E-state index in [1.807, 2.05) is 0 Å². The standard InChI is InChI=1S/C6H11N3O3S/c7-9-8-5-3-1-2-4-6(5)13(10,11)12/h5-6H,1-4H2,(H,10,11,12)/t5-,6-/m1/s1. The first kappa shape index (κ1) is 10.3. The van der Waals surface area contributed by atoms with E-state index in [-0.39, 0.29) is 0 Å². The summed E-state index contributed by atoms with van der Waals surface area (Å²) in [4.78, 5) is 2.57. The van der Waals surface area contributed by atoms with Gasteiger partial charge >= 0.3 is 0 Å². The Morgan fingerprint density at radius 3 is 2.54 bits per heavy atom. The zero-order chi connectivity index (χ0) is 9.90. The third kappa shape index (κ3) is 2.58. The van der Waals surface area contributed by atoms with Crippen molar-refractivity contribution in [2.24, 2.45) is 5.11 Å². The van der Waals surface area contributed by atoms with Crippen LogP contribution in [0.2, 0.25) is 0 Å². The van der Waals surface area contributed by atoms with E-state index in [0.717, 1.165) is 12.8 Å². The van der Waals surface area contributed by atoms with Crippen molar-refractivity contribution in [3.05, 3.63) is 10.4 Å². The Balaban J connectivity index is 2.85. The monoisotopic (exact) mass is 205 g/mol. The number of hydrogen-bond donors (Lipinski definition) is 1. The molecule has 0 aromatic heterocycles. The van der Waals surface area contributed by atoms with E-state index >= 15 is 0 Å². The molecule has 0 aromatic rings. The molecule has 1 rings (SSSR count). The van der Waals surface area contributed by atoms with Gasteiger partial charge in [0.05, 0.1) is 11.3 Å². The lowest BCUT2D eigenvalue weighted by Gasteiger charge is -2.25. The van der Waals surface area contributed by atoms with E-state index in [1.165, 1.54) is 0 Å². The van der Waals surface area contributed by atoms with Crippen molar-refractivity contribution in [1.82, 2.24) is 0 Å². The molecule has 0 radical (unpaired) electrons. The van der Waals surface area contributed by atoms with Crippen LogP contribution < -0.4 is 0 Å². The highest BCUT2D eigenvalue weighted by Crippen LogP contribution is 2.26. The Morgan fingerprint density at radius 2 is 2.00 bits per heavy atom. The molecule has 0 spiro atoms. The minimum atomic E-state index is -4.06. The summed E-state index contributed by atoms with van der Waals surface area (Å²) < 4.78 is 30.5. The summed E-state index contributed by atoms with van der Waals surface area (Å²) in [6.45, 7) is 0. The van der Waals surface area contributed by atoms with Crippen LogP contribution >= 0.6 is 0 Å². The Bertz CT molecular complexity index is 320. The van der Waals surface area contributed by atoms with Crippen LogP contribution in [-0.2, 0) is 10.1 Å². The van der Waals surface area contributed by atoms with Gasteiger partial charge in [-0.25, -0.2) is 0 Å². The largest absolute Gasteiger partial charge is 0.285 e. The van der Waals surface area contributed by atoms with Gasteiger partial charge in [0.2, 0.25) is 0 Å². The van der Waals surface area contributed by atoms with Crippen LogP contribution in [0.3, 0.4) is 0 Å². The SMILES string of the molecule is [N-]=[N+]=N[C@@H]1CCCC[C@H]1S(=O)(=O)O. The lowest BCUT2D eigenvalue weighted by molar-refractivity contribution is 0.394. The normalized spacial score (nSPS) is 29.3. The predicted octanol–water partition coefficient (Wildman–Crippen LogP) is 1.50. The molecule has 1 saturated carbocycles. The maximum atomic E-state index is 10.8. The van der Waals surface area contributed by atoms with Gasteiger partial charge in [0, 0.05) is 4.91 Å². The molecule has 0 heterocycles. The zero-order valence-corrected chi connectivity index (χ0v) is 7.81. The summed E-state index contributed by atoms with van der Waals surface area (Å²) >= 11 is 0. The summed E-state index contributed by atoms with van der Waals surface area (Å²) in [6, 6.07) is -0.603. The zero-order valence-electron chi connectivity index (χ0n) is 7.00. The second-order valence-electron chi connectivity index (χ2n) is 3.11. The molecule has 13 heavy (non-hydrogen) atoms. The quantitative estimate of drug-likeness (QED) is 0.319. The van der Waals surface area contributed by atoms with Crippen LogP contribution in [0.1, 0.15) is 25.7 Å². The van der Waals surface area contributed by atoms with Crippen molar-refractivity contribution < 1.29 is 13.0 Å². The van der Waals surface area contributed by atoms with Gasteiger partial charge in [0.25, 0.3) is 10.1 Å². The Morgan fingerprint density at radius 1 is 1.38 bits per heavy atom. The molecule has 6 nitrogen and oxygen atoms in total. The maximum absolute atomic E-state index is 10.8. The summed E-state index contributed by atoms with van der Waals surface area (Å²) in [5.41, 5.74) is 8.18. The number of azide groups is 1. The van der Waals surface area contributed by atoms with Gasteiger partial charge in [-0.3, -0.25) is 4.55 Å². The molecular formula is C6H11N3O3S. The van der Waals surface area contributed by atoms with E-state index in [9.17, 15) is 8.42 Å². The summed E-state index contributed by atoms with van der Waals surface area (Å²) in [5, 5.41) is 2.47. The molecule has 0 unspecified atom stereocenters. The van der Waals surface area contributed by atoms with Gasteiger partial charge in [0.15, 0.2) is 0 Å². The highest BCUT2D eigenvalue weighted by atomic mass is 32.2. The van der Waals surface area contributed by atoms with Crippen molar-refractivity contribution in [2.45, 2.75) is 37.0 Å². The van der Waals surface area contributed by atoms with E-state index in [4.69, 9.17) is 10.1 Å². The second kappa shape index (κ2) is 3.95. The minimum Gasteiger partial charge on any atom is -0.285 e. The van der Waals surface area contributed by atoms with Crippen LogP contribution in [0.25, 0.3) is 10.4 Å². The van der Waals surface area contributed by atoms with Gasteiger partial charge in [-0.2, -0.15) is 8.42 Å². The van der Waals surface area contributed by atoms with Crippen LogP contribution in [-0.4, -0.2) is 24.3 Å². The fourth-order valence-corrected chi connectivity index (χ4v) is 2.68. The maximum Gasteiger partial charge on any atom is 0.268 e. The van der Waals surface area contributed by atoms with Gasteiger partial charge in [-0.1, -0.05) is 18.0 Å². The van der Waals surface area contributed by atoms with Gasteiger partial charge in [0.1, 0.15) is 0 Å². The third-order valence-electron chi connectivity index (χ3n) is 2.25. The molecular weight excluding hydrogens is 194 g/mol. The molecule has 2 atom stereocenters. The molecule has 1 fully saturated rings. The van der Waals surface area contributed by atoms with Crippen molar-refractivity contribution >= 4 is 10.1 Å². The van der Waals surface area contributed by atoms with E-state index in [2.05, 4.69) is 10.0 Å².